The van der Waals surface area contributed by atoms with Gasteiger partial charge >= 0.3 is 0 Å². The van der Waals surface area contributed by atoms with Crippen molar-refractivity contribution in [3.8, 4) is 0 Å². The molecule has 2 aromatic heterocycles. The van der Waals surface area contributed by atoms with Crippen LogP contribution < -0.4 is 0 Å². The number of hydrogen-bond acceptors (Lipinski definition) is 2. The lowest BCUT2D eigenvalue weighted by atomic mass is 10.0. The van der Waals surface area contributed by atoms with Crippen molar-refractivity contribution in [3.05, 3.63) is 24.8 Å². The van der Waals surface area contributed by atoms with Crippen LogP contribution >= 0.6 is 0 Å². The average molecular weight is 392 g/mol. The van der Waals surface area contributed by atoms with E-state index in [0.717, 1.165) is 5.78 Å². The van der Waals surface area contributed by atoms with Crippen molar-refractivity contribution in [1.29, 1.82) is 0 Å². The highest BCUT2D eigenvalue weighted by Gasteiger charge is 2.52. The molecule has 1 fully saturated rings. The smallest absolute Gasteiger partial charge is 0.205 e. The maximum atomic E-state index is 7.03. The van der Waals surface area contributed by atoms with Crippen LogP contribution in [0.4, 0.5) is 0 Å². The molecule has 6 heteroatoms. The van der Waals surface area contributed by atoms with Crippen molar-refractivity contribution in [1.82, 2.24) is 13.6 Å². The van der Waals surface area contributed by atoms with Crippen molar-refractivity contribution in [2.45, 2.75) is 83.9 Å². The molecule has 0 aromatic carbocycles. The lowest BCUT2D eigenvalue weighted by Gasteiger charge is -2.43. The zero-order chi connectivity index (χ0) is 19.5. The van der Waals surface area contributed by atoms with Gasteiger partial charge in [0.15, 0.2) is 16.6 Å². The highest BCUT2D eigenvalue weighted by molar-refractivity contribution is 6.78. The van der Waals surface area contributed by atoms with Gasteiger partial charge in [0.2, 0.25) is 5.78 Å². The van der Waals surface area contributed by atoms with Gasteiger partial charge in [-0.15, -0.1) is 0 Å². The summed E-state index contributed by atoms with van der Waals surface area (Å²) in [6.45, 7) is 21.7. The molecule has 0 aliphatic heterocycles. The molecule has 4 atom stereocenters. The van der Waals surface area contributed by atoms with Crippen LogP contribution in [0.15, 0.2) is 24.8 Å². The molecule has 0 radical (unpaired) electrons. The molecule has 0 spiro atoms. The van der Waals surface area contributed by atoms with Crippen molar-refractivity contribution < 1.29 is 4.43 Å². The van der Waals surface area contributed by atoms with Crippen molar-refractivity contribution in [2.75, 3.05) is 0 Å². The molecule has 0 saturated heterocycles. The third-order valence-corrected chi connectivity index (χ3v) is 16.0. The maximum absolute atomic E-state index is 7.03. The number of nitrogens with zero attached hydrogens (tertiary/aromatic N) is 3. The summed E-state index contributed by atoms with van der Waals surface area (Å²) in [7, 11) is -3.60. The third-order valence-electron chi connectivity index (χ3n) is 7.40. The summed E-state index contributed by atoms with van der Waals surface area (Å²) in [5.74, 6) is 2.48. The largest absolute Gasteiger partial charge is 0.414 e. The van der Waals surface area contributed by atoms with Gasteiger partial charge in [-0.25, -0.2) is 4.98 Å². The Hall–Kier alpha value is -0.856. The van der Waals surface area contributed by atoms with E-state index in [1.54, 1.807) is 0 Å². The molecular formula is C20H37N3OSi2. The SMILES string of the molecule is CC1CC(O[Si](C)(C)C(C)(C)C)C([Si](C)(C)n2ccn3ccnc23)C1C. The van der Waals surface area contributed by atoms with Crippen LogP contribution in [0, 0.1) is 11.8 Å². The van der Waals surface area contributed by atoms with Crippen LogP contribution in [0.3, 0.4) is 0 Å². The fraction of sp³-hybridized carbons (Fsp3) is 0.750. The molecule has 2 aromatic rings. The van der Waals surface area contributed by atoms with Crippen LogP contribution in [-0.2, 0) is 4.43 Å². The van der Waals surface area contributed by atoms with Gasteiger partial charge in [-0.3, -0.25) is 4.40 Å². The van der Waals surface area contributed by atoms with Crippen molar-refractivity contribution >= 4 is 22.3 Å². The second kappa shape index (κ2) is 6.35. The summed E-state index contributed by atoms with van der Waals surface area (Å²) in [6.07, 6.45) is 9.90. The summed E-state index contributed by atoms with van der Waals surface area (Å²) in [6, 6.07) is 0. The van der Waals surface area contributed by atoms with Crippen LogP contribution in [0.5, 0.6) is 0 Å². The summed E-state index contributed by atoms with van der Waals surface area (Å²) in [5.41, 5.74) is 0.611. The highest BCUT2D eigenvalue weighted by atomic mass is 28.4. The normalized spacial score (nSPS) is 28.2. The molecule has 0 N–H and O–H groups in total. The van der Waals surface area contributed by atoms with Crippen LogP contribution in [0.1, 0.15) is 41.0 Å². The number of aromatic nitrogens is 3. The molecule has 0 amide bonds. The first kappa shape index (κ1) is 19.9. The summed E-state index contributed by atoms with van der Waals surface area (Å²) in [5, 5.41) is 0.252. The second-order valence-corrected chi connectivity index (χ2v) is 19.7. The number of rotatable bonds is 4. The zero-order valence-electron chi connectivity index (χ0n) is 18.1. The lowest BCUT2D eigenvalue weighted by molar-refractivity contribution is 0.179. The molecule has 3 rings (SSSR count). The van der Waals surface area contributed by atoms with E-state index in [1.165, 1.54) is 6.42 Å². The monoisotopic (exact) mass is 391 g/mol. The molecule has 1 aliphatic rings. The van der Waals surface area contributed by atoms with Gasteiger partial charge in [0, 0.05) is 36.4 Å². The minimum absolute atomic E-state index is 0.252. The van der Waals surface area contributed by atoms with E-state index < -0.39 is 16.6 Å². The Morgan fingerprint density at radius 2 is 1.73 bits per heavy atom. The maximum Gasteiger partial charge on any atom is 0.205 e. The van der Waals surface area contributed by atoms with Gasteiger partial charge in [0.25, 0.3) is 0 Å². The topological polar surface area (TPSA) is 31.5 Å². The van der Waals surface area contributed by atoms with Gasteiger partial charge in [0.05, 0.1) is 0 Å². The van der Waals surface area contributed by atoms with E-state index in [4.69, 9.17) is 4.43 Å². The minimum Gasteiger partial charge on any atom is -0.414 e. The number of fused-ring (bicyclic) bond motifs is 1. The zero-order valence-corrected chi connectivity index (χ0v) is 20.1. The summed E-state index contributed by atoms with van der Waals surface area (Å²) in [4.78, 5) is 4.63. The molecule has 4 nitrogen and oxygen atoms in total. The average Bonchev–Trinajstić information content (AvgIpc) is 3.12. The Morgan fingerprint density at radius 1 is 1.08 bits per heavy atom. The van der Waals surface area contributed by atoms with E-state index in [0.29, 0.717) is 23.5 Å². The van der Waals surface area contributed by atoms with Gasteiger partial charge < -0.3 is 8.66 Å². The molecule has 1 aliphatic carbocycles. The quantitative estimate of drug-likeness (QED) is 0.633. The van der Waals surface area contributed by atoms with Gasteiger partial charge in [-0.1, -0.05) is 47.7 Å². The first-order valence-electron chi connectivity index (χ1n) is 10.0. The van der Waals surface area contributed by atoms with Gasteiger partial charge in [0.1, 0.15) is 0 Å². The van der Waals surface area contributed by atoms with E-state index >= 15 is 0 Å². The molecule has 0 bridgehead atoms. The molecule has 1 saturated carbocycles. The first-order chi connectivity index (χ1) is 11.9. The highest BCUT2D eigenvalue weighted by Crippen LogP contribution is 2.51. The predicted molar refractivity (Wildman–Crippen MR) is 115 cm³/mol. The Labute approximate surface area is 161 Å². The molecule has 2 heterocycles. The van der Waals surface area contributed by atoms with Crippen molar-refractivity contribution in [3.63, 3.8) is 0 Å². The van der Waals surface area contributed by atoms with Crippen LogP contribution in [0.2, 0.25) is 36.8 Å². The predicted octanol–water partition coefficient (Wildman–Crippen LogP) is 5.63. The Balaban J connectivity index is 1.98. The third kappa shape index (κ3) is 3.14. The second-order valence-electron chi connectivity index (χ2n) is 10.5. The number of hydrogen-bond donors (Lipinski definition) is 0. The van der Waals surface area contributed by atoms with Crippen LogP contribution in [0.25, 0.3) is 5.78 Å². The Bertz CT molecular complexity index is 771. The Morgan fingerprint density at radius 3 is 2.35 bits per heavy atom. The first-order valence-corrected chi connectivity index (χ1v) is 16.0. The van der Waals surface area contributed by atoms with E-state index in [2.05, 4.69) is 86.8 Å². The number of imidazole rings is 2. The summed E-state index contributed by atoms with van der Waals surface area (Å²) >= 11 is 0. The molecule has 26 heavy (non-hydrogen) atoms. The van der Waals surface area contributed by atoms with E-state index in [9.17, 15) is 0 Å². The standard InChI is InChI=1S/C20H37N3OSi2/c1-15-14-17(24-26(8,9)20(3,4)5)18(16(15)2)25(6,7)23-13-12-22-11-10-21-19(22)23/h10-13,15-18H,14H2,1-9H3. The fourth-order valence-electron chi connectivity index (χ4n) is 4.62. The molecule has 4 unspecified atom stereocenters. The van der Waals surface area contributed by atoms with E-state index in [-0.39, 0.29) is 5.04 Å². The van der Waals surface area contributed by atoms with Gasteiger partial charge in [-0.05, 0) is 36.4 Å². The fourth-order valence-corrected chi connectivity index (χ4v) is 10.3. The molecular weight excluding hydrogens is 354 g/mol. The Kier molecular flexibility index (Phi) is 4.86. The van der Waals surface area contributed by atoms with Crippen molar-refractivity contribution in [2.24, 2.45) is 11.8 Å². The van der Waals surface area contributed by atoms with Crippen LogP contribution in [-0.4, -0.2) is 36.3 Å². The minimum atomic E-state index is -1.82. The summed E-state index contributed by atoms with van der Waals surface area (Å²) < 4.78 is 11.7. The lowest BCUT2D eigenvalue weighted by Crippen LogP contribution is -2.51. The van der Waals surface area contributed by atoms with Gasteiger partial charge in [-0.2, -0.15) is 0 Å². The van der Waals surface area contributed by atoms with E-state index in [1.807, 2.05) is 12.4 Å². The molecule has 146 valence electrons.